The van der Waals surface area contributed by atoms with Gasteiger partial charge in [-0.1, -0.05) is 24.3 Å². The predicted molar refractivity (Wildman–Crippen MR) is 99.1 cm³/mol. The van der Waals surface area contributed by atoms with Gasteiger partial charge in [0.2, 0.25) is 0 Å². The first kappa shape index (κ1) is 14.6. The average Bonchev–Trinajstić information content (AvgIpc) is 3.12. The molecule has 124 valence electrons. The lowest BCUT2D eigenvalue weighted by Crippen LogP contribution is -2.44. The molecule has 2 aromatic heterocycles. The molecule has 0 saturated carbocycles. The Balaban J connectivity index is 1.79. The van der Waals surface area contributed by atoms with Crippen molar-refractivity contribution >= 4 is 34.1 Å². The topological polar surface area (TPSA) is 52.2 Å². The molecule has 2 atom stereocenters. The Morgan fingerprint density at radius 2 is 2.08 bits per heavy atom. The van der Waals surface area contributed by atoms with Crippen LogP contribution in [0, 0.1) is 0 Å². The van der Waals surface area contributed by atoms with Crippen molar-refractivity contribution in [3.05, 3.63) is 65.6 Å². The number of carbonyl (C=O) groups is 1. The number of nitrogens with zero attached hydrogens (tertiary/aromatic N) is 3. The van der Waals surface area contributed by atoms with Crippen LogP contribution < -0.4 is 0 Å². The molecule has 1 saturated heterocycles. The summed E-state index contributed by atoms with van der Waals surface area (Å²) < 4.78 is 0. The van der Waals surface area contributed by atoms with E-state index in [2.05, 4.69) is 27.0 Å². The minimum absolute atomic E-state index is 0.0646. The van der Waals surface area contributed by atoms with Gasteiger partial charge in [-0.3, -0.25) is 14.7 Å². The minimum atomic E-state index is -0.255. The van der Waals surface area contributed by atoms with E-state index < -0.39 is 0 Å². The molecule has 0 bridgehead atoms. The van der Waals surface area contributed by atoms with E-state index in [4.69, 9.17) is 12.2 Å². The highest BCUT2D eigenvalue weighted by atomic mass is 32.1. The van der Waals surface area contributed by atoms with Crippen molar-refractivity contribution in [2.24, 2.45) is 0 Å². The Hall–Kier alpha value is -2.73. The zero-order valence-electron chi connectivity index (χ0n) is 13.6. The molecule has 5 rings (SSSR count). The fraction of sp³-hybridized carbons (Fsp3) is 0.211. The van der Waals surface area contributed by atoms with Crippen molar-refractivity contribution < 1.29 is 4.79 Å². The number of hydrogen-bond donors (Lipinski definition) is 1. The number of likely N-dealkylation sites (N-methyl/N-ethyl adjacent to an activating group) is 1. The molecule has 1 N–H and O–H groups in total. The number of amides is 1. The van der Waals surface area contributed by atoms with Gasteiger partial charge in [0.1, 0.15) is 6.04 Å². The van der Waals surface area contributed by atoms with Crippen molar-refractivity contribution in [3.8, 4) is 0 Å². The zero-order chi connectivity index (χ0) is 17.1. The van der Waals surface area contributed by atoms with Crippen molar-refractivity contribution in [2.45, 2.75) is 18.5 Å². The standard InChI is InChI=1S/C19H16N4OS/c1-22-18(24)15-9-13-12-6-2-3-7-14(12)21-16(13)17(23(15)19(22)25)11-5-4-8-20-10-11/h2-8,10,15,17,21H,9H2,1H3/t15-,17+/m0/s1. The first-order valence-corrected chi connectivity index (χ1v) is 8.67. The third-order valence-corrected chi connectivity index (χ3v) is 5.74. The number of hydrogen-bond acceptors (Lipinski definition) is 3. The summed E-state index contributed by atoms with van der Waals surface area (Å²) in [4.78, 5) is 24.3. The summed E-state index contributed by atoms with van der Waals surface area (Å²) in [5.41, 5.74) is 4.44. The summed E-state index contributed by atoms with van der Waals surface area (Å²) in [6.45, 7) is 0. The lowest BCUT2D eigenvalue weighted by Gasteiger charge is -2.37. The fourth-order valence-corrected chi connectivity index (χ4v) is 4.41. The van der Waals surface area contributed by atoms with Crippen LogP contribution in [0.2, 0.25) is 0 Å². The highest BCUT2D eigenvalue weighted by Crippen LogP contribution is 2.43. The van der Waals surface area contributed by atoms with Crippen LogP contribution in [-0.2, 0) is 11.2 Å². The molecule has 1 amide bonds. The first-order chi connectivity index (χ1) is 12.2. The van der Waals surface area contributed by atoms with Crippen LogP contribution in [0.15, 0.2) is 48.8 Å². The van der Waals surface area contributed by atoms with E-state index in [0.29, 0.717) is 11.5 Å². The highest BCUT2D eigenvalue weighted by Gasteiger charge is 2.49. The Kier molecular flexibility index (Phi) is 3.00. The molecule has 0 spiro atoms. The maximum atomic E-state index is 12.8. The van der Waals surface area contributed by atoms with Crippen molar-refractivity contribution in [2.75, 3.05) is 7.05 Å². The summed E-state index contributed by atoms with van der Waals surface area (Å²) in [5, 5.41) is 1.76. The molecule has 0 radical (unpaired) electrons. The van der Waals surface area contributed by atoms with Crippen LogP contribution in [0.25, 0.3) is 10.9 Å². The van der Waals surface area contributed by atoms with E-state index in [0.717, 1.165) is 16.8 Å². The average molecular weight is 348 g/mol. The van der Waals surface area contributed by atoms with Gasteiger partial charge in [0.15, 0.2) is 5.11 Å². The van der Waals surface area contributed by atoms with Gasteiger partial charge < -0.3 is 9.88 Å². The number of para-hydroxylation sites is 1. The molecular formula is C19H16N4OS. The van der Waals surface area contributed by atoms with Gasteiger partial charge in [0.05, 0.1) is 6.04 Å². The van der Waals surface area contributed by atoms with Crippen LogP contribution in [0.3, 0.4) is 0 Å². The van der Waals surface area contributed by atoms with Gasteiger partial charge in [0.25, 0.3) is 5.91 Å². The smallest absolute Gasteiger partial charge is 0.251 e. The van der Waals surface area contributed by atoms with Gasteiger partial charge in [-0.2, -0.15) is 0 Å². The quantitative estimate of drug-likeness (QED) is 0.687. The Morgan fingerprint density at radius 3 is 2.88 bits per heavy atom. The number of H-pyrrole nitrogens is 1. The van der Waals surface area contributed by atoms with Crippen LogP contribution in [0.1, 0.15) is 22.9 Å². The van der Waals surface area contributed by atoms with Crippen LogP contribution in [0.5, 0.6) is 0 Å². The van der Waals surface area contributed by atoms with E-state index in [1.165, 1.54) is 10.9 Å². The Bertz CT molecular complexity index is 1010. The summed E-state index contributed by atoms with van der Waals surface area (Å²) >= 11 is 5.60. The van der Waals surface area contributed by atoms with E-state index in [1.54, 1.807) is 18.1 Å². The lowest BCUT2D eigenvalue weighted by molar-refractivity contribution is -0.127. The molecule has 2 aliphatic heterocycles. The summed E-state index contributed by atoms with van der Waals surface area (Å²) in [5.74, 6) is 0.0646. The second kappa shape index (κ2) is 5.13. The second-order valence-electron chi connectivity index (χ2n) is 6.56. The monoisotopic (exact) mass is 348 g/mol. The second-order valence-corrected chi connectivity index (χ2v) is 6.92. The molecule has 2 aliphatic rings. The third-order valence-electron chi connectivity index (χ3n) is 5.26. The van der Waals surface area contributed by atoms with E-state index in [9.17, 15) is 4.79 Å². The number of aromatic amines is 1. The number of thiocarbonyl (C=S) groups is 1. The molecule has 1 aromatic carbocycles. The number of nitrogens with one attached hydrogen (secondary N) is 1. The van der Waals surface area contributed by atoms with E-state index >= 15 is 0 Å². The van der Waals surface area contributed by atoms with E-state index in [1.807, 2.05) is 30.5 Å². The number of carbonyl (C=O) groups excluding carboxylic acids is 1. The Labute approximate surface area is 150 Å². The molecule has 4 heterocycles. The number of pyridine rings is 1. The summed E-state index contributed by atoms with van der Waals surface area (Å²) in [6, 6.07) is 11.8. The van der Waals surface area contributed by atoms with Crippen LogP contribution in [0.4, 0.5) is 0 Å². The number of rotatable bonds is 1. The van der Waals surface area contributed by atoms with Gasteiger partial charge in [0, 0.05) is 42.5 Å². The van der Waals surface area contributed by atoms with Crippen molar-refractivity contribution in [3.63, 3.8) is 0 Å². The number of aromatic nitrogens is 2. The Morgan fingerprint density at radius 1 is 1.24 bits per heavy atom. The third kappa shape index (κ3) is 1.91. The largest absolute Gasteiger partial charge is 0.356 e. The maximum Gasteiger partial charge on any atom is 0.251 e. The summed E-state index contributed by atoms with van der Waals surface area (Å²) in [7, 11) is 1.76. The van der Waals surface area contributed by atoms with E-state index in [-0.39, 0.29) is 18.0 Å². The molecule has 0 aliphatic carbocycles. The first-order valence-electron chi connectivity index (χ1n) is 8.26. The van der Waals surface area contributed by atoms with Crippen molar-refractivity contribution in [1.29, 1.82) is 0 Å². The molecule has 25 heavy (non-hydrogen) atoms. The van der Waals surface area contributed by atoms with Gasteiger partial charge in [-0.25, -0.2) is 0 Å². The van der Waals surface area contributed by atoms with Gasteiger partial charge in [-0.05, 0) is 35.5 Å². The normalized spacial score (nSPS) is 22.4. The molecule has 0 unspecified atom stereocenters. The molecule has 1 fully saturated rings. The SMILES string of the molecule is CN1C(=O)[C@@H]2Cc3c([nH]c4ccccc34)[C@@H](c3cccnc3)N2C1=S. The molecule has 5 nitrogen and oxygen atoms in total. The molecule has 3 aromatic rings. The molecular weight excluding hydrogens is 332 g/mol. The zero-order valence-corrected chi connectivity index (χ0v) is 14.5. The molecule has 6 heteroatoms. The maximum absolute atomic E-state index is 12.8. The fourth-order valence-electron chi connectivity index (χ4n) is 4.09. The van der Waals surface area contributed by atoms with Crippen LogP contribution >= 0.6 is 12.2 Å². The number of benzene rings is 1. The van der Waals surface area contributed by atoms with Crippen molar-refractivity contribution in [1.82, 2.24) is 19.8 Å². The lowest BCUT2D eigenvalue weighted by atomic mass is 9.89. The number of fused-ring (bicyclic) bond motifs is 4. The predicted octanol–water partition coefficient (Wildman–Crippen LogP) is 2.64. The summed E-state index contributed by atoms with van der Waals surface area (Å²) in [6.07, 6.45) is 4.28. The minimum Gasteiger partial charge on any atom is -0.356 e. The highest BCUT2D eigenvalue weighted by molar-refractivity contribution is 7.80. The van der Waals surface area contributed by atoms with Gasteiger partial charge >= 0.3 is 0 Å². The van der Waals surface area contributed by atoms with Gasteiger partial charge in [-0.15, -0.1) is 0 Å². The van der Waals surface area contributed by atoms with Crippen LogP contribution in [-0.4, -0.2) is 43.9 Å².